The number of aromatic nitrogens is 1. The molecule has 0 aliphatic heterocycles. The average Bonchev–Trinajstić information content (AvgIpc) is 3.14. The smallest absolute Gasteiger partial charge is 0.338 e. The second-order valence-corrected chi connectivity index (χ2v) is 6.46. The molecule has 0 saturated heterocycles. The van der Waals surface area contributed by atoms with Gasteiger partial charge in [0.05, 0.1) is 5.69 Å². The number of benzene rings is 2. The Hall–Kier alpha value is -3.26. The fraction of sp³-hybridized carbons (Fsp3) is 0.150. The minimum Gasteiger partial charge on any atom is -0.486 e. The molecule has 1 unspecified atom stereocenters. The maximum Gasteiger partial charge on any atom is 0.338 e. The molecule has 3 aromatic rings. The highest BCUT2D eigenvalue weighted by Crippen LogP contribution is 2.26. The first-order valence-electron chi connectivity index (χ1n) is 8.53. The molecule has 144 valence electrons. The Labute approximate surface area is 167 Å². The van der Waals surface area contributed by atoms with Crippen LogP contribution in [0.25, 0.3) is 0 Å². The molecular formula is C20H19N3O4S. The molecule has 1 N–H and O–H groups in total. The molecule has 0 aliphatic rings. The van der Waals surface area contributed by atoms with E-state index >= 15 is 0 Å². The van der Waals surface area contributed by atoms with E-state index in [1.54, 1.807) is 31.2 Å². The lowest BCUT2D eigenvalue weighted by Gasteiger charge is -2.19. The number of thiol groups is 1. The number of hydrogen-bond acceptors (Lipinski definition) is 6. The van der Waals surface area contributed by atoms with Crippen molar-refractivity contribution < 1.29 is 18.8 Å². The summed E-state index contributed by atoms with van der Waals surface area (Å²) < 4.78 is 11.8. The highest BCUT2D eigenvalue weighted by atomic mass is 32.1. The standard InChI is InChI=1S/C20H19N3O4S/c1-13-11-18(22-27-13)19(24)21-20(25)23(28)16-9-6-10-17(12-16)26-14(2)15-7-4-3-5-8-15/h3-12,14,28H,1-2H3,(H,21,24,25). The molecule has 0 bridgehead atoms. The molecule has 1 atom stereocenters. The van der Waals surface area contributed by atoms with Gasteiger partial charge in [0.25, 0.3) is 5.91 Å². The van der Waals surface area contributed by atoms with Gasteiger partial charge in [0.2, 0.25) is 0 Å². The summed E-state index contributed by atoms with van der Waals surface area (Å²) in [5, 5.41) is 5.78. The van der Waals surface area contributed by atoms with Crippen LogP contribution in [0.2, 0.25) is 0 Å². The van der Waals surface area contributed by atoms with Crippen LogP contribution in [0.1, 0.15) is 34.8 Å². The fourth-order valence-electron chi connectivity index (χ4n) is 2.49. The van der Waals surface area contributed by atoms with Gasteiger partial charge in [0.1, 0.15) is 17.6 Å². The number of carbonyl (C=O) groups excluding carboxylic acids is 2. The number of imide groups is 1. The zero-order chi connectivity index (χ0) is 20.1. The van der Waals surface area contributed by atoms with Crippen LogP contribution in [0.4, 0.5) is 10.5 Å². The van der Waals surface area contributed by atoms with Crippen molar-refractivity contribution in [3.05, 3.63) is 77.7 Å². The summed E-state index contributed by atoms with van der Waals surface area (Å²) in [6.07, 6.45) is -0.171. The minimum absolute atomic E-state index is 0.0151. The molecule has 7 nitrogen and oxygen atoms in total. The van der Waals surface area contributed by atoms with Gasteiger partial charge < -0.3 is 9.26 Å². The molecule has 2 aromatic carbocycles. The van der Waals surface area contributed by atoms with E-state index in [1.807, 2.05) is 37.3 Å². The summed E-state index contributed by atoms with van der Waals surface area (Å²) in [6.45, 7) is 3.59. The first-order valence-corrected chi connectivity index (χ1v) is 8.93. The number of hydrogen-bond donors (Lipinski definition) is 2. The molecule has 0 fully saturated rings. The Morgan fingerprint density at radius 1 is 1.14 bits per heavy atom. The lowest BCUT2D eigenvalue weighted by Crippen LogP contribution is -2.38. The van der Waals surface area contributed by atoms with Gasteiger partial charge in [-0.05, 0) is 31.5 Å². The molecule has 1 heterocycles. The summed E-state index contributed by atoms with van der Waals surface area (Å²) >= 11 is 4.18. The summed E-state index contributed by atoms with van der Waals surface area (Å²) in [7, 11) is 0. The number of nitrogens with zero attached hydrogens (tertiary/aromatic N) is 2. The second kappa shape index (κ2) is 8.62. The molecule has 0 aliphatic carbocycles. The Kier molecular flexibility index (Phi) is 6.00. The topological polar surface area (TPSA) is 84.7 Å². The molecule has 0 saturated carbocycles. The molecule has 0 radical (unpaired) electrons. The first-order chi connectivity index (χ1) is 13.4. The number of urea groups is 1. The Morgan fingerprint density at radius 2 is 1.89 bits per heavy atom. The summed E-state index contributed by atoms with van der Waals surface area (Å²) in [5.41, 5.74) is 1.49. The largest absolute Gasteiger partial charge is 0.486 e. The van der Waals surface area contributed by atoms with Gasteiger partial charge in [0.15, 0.2) is 5.69 Å². The van der Waals surface area contributed by atoms with Crippen molar-refractivity contribution in [2.24, 2.45) is 0 Å². The third-order valence-electron chi connectivity index (χ3n) is 3.92. The molecule has 3 rings (SSSR count). The van der Waals surface area contributed by atoms with Gasteiger partial charge in [-0.2, -0.15) is 0 Å². The van der Waals surface area contributed by atoms with Crippen LogP contribution in [-0.4, -0.2) is 17.1 Å². The number of aryl methyl sites for hydroxylation is 1. The van der Waals surface area contributed by atoms with E-state index in [2.05, 4.69) is 23.3 Å². The van der Waals surface area contributed by atoms with E-state index in [1.165, 1.54) is 6.07 Å². The zero-order valence-corrected chi connectivity index (χ0v) is 16.2. The summed E-state index contributed by atoms with van der Waals surface area (Å²) in [4.78, 5) is 24.3. The van der Waals surface area contributed by atoms with Gasteiger partial charge in [-0.25, -0.2) is 9.10 Å². The van der Waals surface area contributed by atoms with E-state index in [9.17, 15) is 9.59 Å². The van der Waals surface area contributed by atoms with Crippen LogP contribution < -0.4 is 14.4 Å². The summed E-state index contributed by atoms with van der Waals surface area (Å²) in [6, 6.07) is 17.4. The van der Waals surface area contributed by atoms with E-state index in [0.29, 0.717) is 17.2 Å². The van der Waals surface area contributed by atoms with Crippen LogP contribution in [0.15, 0.2) is 65.2 Å². The number of carbonyl (C=O) groups is 2. The van der Waals surface area contributed by atoms with Crippen molar-refractivity contribution in [3.8, 4) is 5.75 Å². The van der Waals surface area contributed by atoms with Gasteiger partial charge in [-0.3, -0.25) is 10.1 Å². The van der Waals surface area contributed by atoms with Crippen molar-refractivity contribution in [1.82, 2.24) is 10.5 Å². The number of amides is 3. The Balaban J connectivity index is 1.66. The number of anilines is 1. The molecule has 28 heavy (non-hydrogen) atoms. The van der Waals surface area contributed by atoms with Crippen molar-refractivity contribution >= 4 is 30.4 Å². The Morgan fingerprint density at radius 3 is 2.57 bits per heavy atom. The van der Waals surface area contributed by atoms with Crippen molar-refractivity contribution in [2.75, 3.05) is 4.31 Å². The first kappa shape index (κ1) is 19.5. The quantitative estimate of drug-likeness (QED) is 0.626. The van der Waals surface area contributed by atoms with Crippen molar-refractivity contribution in [1.29, 1.82) is 0 Å². The van der Waals surface area contributed by atoms with E-state index in [0.717, 1.165) is 9.87 Å². The number of ether oxygens (including phenoxy) is 1. The summed E-state index contributed by atoms with van der Waals surface area (Å²) in [5.74, 6) is 0.364. The van der Waals surface area contributed by atoms with Crippen LogP contribution >= 0.6 is 12.8 Å². The number of nitrogens with one attached hydrogen (secondary N) is 1. The van der Waals surface area contributed by atoms with Crippen molar-refractivity contribution in [2.45, 2.75) is 20.0 Å². The van der Waals surface area contributed by atoms with Crippen LogP contribution in [-0.2, 0) is 0 Å². The minimum atomic E-state index is -0.720. The van der Waals surface area contributed by atoms with Crippen molar-refractivity contribution in [3.63, 3.8) is 0 Å². The monoisotopic (exact) mass is 397 g/mol. The van der Waals surface area contributed by atoms with Gasteiger partial charge in [-0.1, -0.05) is 54.4 Å². The maximum atomic E-state index is 12.3. The van der Waals surface area contributed by atoms with E-state index in [4.69, 9.17) is 9.26 Å². The molecule has 8 heteroatoms. The average molecular weight is 397 g/mol. The number of rotatable bonds is 5. The van der Waals surface area contributed by atoms with Crippen LogP contribution in [0.3, 0.4) is 0 Å². The second-order valence-electron chi connectivity index (χ2n) is 6.06. The highest BCUT2D eigenvalue weighted by Gasteiger charge is 2.19. The third kappa shape index (κ3) is 4.72. The predicted octanol–water partition coefficient (Wildman–Crippen LogP) is 4.32. The lowest BCUT2D eigenvalue weighted by atomic mass is 10.1. The zero-order valence-electron chi connectivity index (χ0n) is 15.3. The van der Waals surface area contributed by atoms with E-state index in [-0.39, 0.29) is 11.8 Å². The normalized spacial score (nSPS) is 11.5. The lowest BCUT2D eigenvalue weighted by molar-refractivity contribution is 0.0957. The molecular weight excluding hydrogens is 378 g/mol. The maximum absolute atomic E-state index is 12.3. The van der Waals surface area contributed by atoms with Gasteiger partial charge in [-0.15, -0.1) is 0 Å². The molecule has 3 amide bonds. The Bertz CT molecular complexity index is 974. The van der Waals surface area contributed by atoms with E-state index < -0.39 is 11.9 Å². The predicted molar refractivity (Wildman–Crippen MR) is 107 cm³/mol. The third-order valence-corrected chi connectivity index (χ3v) is 4.33. The van der Waals surface area contributed by atoms with Crippen LogP contribution in [0.5, 0.6) is 5.75 Å². The highest BCUT2D eigenvalue weighted by molar-refractivity contribution is 7.82. The SMILES string of the molecule is Cc1cc(C(=O)NC(=O)N(S)c2cccc(OC(C)c3ccccc3)c2)no1. The van der Waals surface area contributed by atoms with Crippen LogP contribution in [0, 0.1) is 6.92 Å². The van der Waals surface area contributed by atoms with Gasteiger partial charge in [0, 0.05) is 12.1 Å². The fourth-order valence-corrected chi connectivity index (χ4v) is 2.66. The molecule has 0 spiro atoms. The molecule has 1 aromatic heterocycles. The van der Waals surface area contributed by atoms with Gasteiger partial charge >= 0.3 is 6.03 Å².